The lowest BCUT2D eigenvalue weighted by atomic mass is 9.90. The third-order valence-corrected chi connectivity index (χ3v) is 8.75. The molecule has 41 heavy (non-hydrogen) atoms. The van der Waals surface area contributed by atoms with Crippen molar-refractivity contribution in [2.75, 3.05) is 50.2 Å². The van der Waals surface area contributed by atoms with Crippen molar-refractivity contribution < 1.29 is 22.7 Å². The van der Waals surface area contributed by atoms with E-state index in [-0.39, 0.29) is 5.91 Å². The van der Waals surface area contributed by atoms with E-state index in [0.29, 0.717) is 47.0 Å². The molecule has 0 saturated heterocycles. The van der Waals surface area contributed by atoms with Crippen molar-refractivity contribution in [3.05, 3.63) is 82.9 Å². The molecule has 2 heterocycles. The number of benzene rings is 3. The number of thiazole rings is 1. The van der Waals surface area contributed by atoms with Crippen molar-refractivity contribution in [3.63, 3.8) is 0 Å². The molecule has 1 N–H and O–H groups in total. The Morgan fingerprint density at radius 3 is 2.46 bits per heavy atom. The molecule has 1 amide bonds. The van der Waals surface area contributed by atoms with Crippen LogP contribution in [0.15, 0.2) is 71.2 Å². The number of aromatic nitrogens is 1. The molecule has 1 aromatic heterocycles. The molecule has 0 radical (unpaired) electrons. The summed E-state index contributed by atoms with van der Waals surface area (Å²) in [5.74, 6) is -1.52. The fourth-order valence-electron chi connectivity index (χ4n) is 4.70. The third-order valence-electron chi connectivity index (χ3n) is 6.74. The Balaban J connectivity index is 1.58. The van der Waals surface area contributed by atoms with Crippen molar-refractivity contribution in [3.8, 4) is 0 Å². The van der Waals surface area contributed by atoms with Crippen LogP contribution in [0.4, 0.5) is 17.1 Å². The van der Waals surface area contributed by atoms with Gasteiger partial charge in [-0.15, -0.1) is 11.3 Å². The lowest BCUT2D eigenvalue weighted by Crippen LogP contribution is -2.35. The second-order valence-electron chi connectivity index (χ2n) is 9.90. The van der Waals surface area contributed by atoms with E-state index in [0.717, 1.165) is 15.8 Å². The van der Waals surface area contributed by atoms with Crippen LogP contribution in [0.5, 0.6) is 0 Å². The number of anilines is 2. The van der Waals surface area contributed by atoms with Gasteiger partial charge in [-0.3, -0.25) is 14.1 Å². The highest BCUT2D eigenvalue weighted by Crippen LogP contribution is 2.38. The van der Waals surface area contributed by atoms with E-state index >= 15 is 0 Å². The molecule has 0 fully saturated rings. The fraction of sp³-hybridized carbons (Fsp3) is 0.241. The molecular formula is C29H29N5O5S2. The van der Waals surface area contributed by atoms with Gasteiger partial charge in [0.2, 0.25) is 15.9 Å². The number of nitrogens with one attached hydrogen (secondary N) is 1. The predicted octanol–water partition coefficient (Wildman–Crippen LogP) is 4.27. The number of carbonyl (C=O) groups is 2. The Morgan fingerprint density at radius 1 is 1.05 bits per heavy atom. The molecule has 212 valence electrons. The first-order valence-electron chi connectivity index (χ1n) is 12.7. The number of amides is 1. The van der Waals surface area contributed by atoms with Gasteiger partial charge < -0.3 is 15.0 Å². The molecule has 5 rings (SSSR count). The normalized spacial score (nSPS) is 15.2. The molecule has 1 aliphatic heterocycles. The van der Waals surface area contributed by atoms with Crippen LogP contribution in [0.2, 0.25) is 0 Å². The van der Waals surface area contributed by atoms with Crippen molar-refractivity contribution >= 4 is 66.2 Å². The smallest absolute Gasteiger partial charge is 0.337 e. The van der Waals surface area contributed by atoms with Crippen molar-refractivity contribution in [2.24, 2.45) is 4.99 Å². The second kappa shape index (κ2) is 11.4. The highest BCUT2D eigenvalue weighted by atomic mass is 32.2. The van der Waals surface area contributed by atoms with Crippen LogP contribution in [-0.2, 0) is 19.6 Å². The lowest BCUT2D eigenvalue weighted by molar-refractivity contribution is -0.115. The summed E-state index contributed by atoms with van der Waals surface area (Å²) in [5.41, 5.74) is 6.39. The number of nitrogens with zero attached hydrogens (tertiary/aromatic N) is 4. The zero-order valence-corrected chi connectivity index (χ0v) is 24.6. The Kier molecular flexibility index (Phi) is 7.89. The molecular weight excluding hydrogens is 562 g/mol. The number of carbonyl (C=O) groups excluding carboxylic acids is 2. The van der Waals surface area contributed by atoms with Gasteiger partial charge in [0, 0.05) is 18.8 Å². The summed E-state index contributed by atoms with van der Waals surface area (Å²) in [6.07, 6.45) is 1.18. The number of aliphatic imine (C=N–C) groups is 1. The van der Waals surface area contributed by atoms with Crippen molar-refractivity contribution in [1.29, 1.82) is 0 Å². The number of ether oxygens (including phenoxy) is 1. The standard InChI is InChI=1S/C29H29N5O5S2/c1-33(2)13-14-34(41(4,37)38)21-9-7-20(8-10-21)31-27(18-6-12-25-24(15-18)30-17-40-25)26-22-11-5-19(29(36)39-3)16-23(22)32-28(26)35/h5-12,15-17,26H,13-14H2,1-4H3,(H,32,35). The molecule has 10 nitrogen and oxygen atoms in total. The molecule has 12 heteroatoms. The summed E-state index contributed by atoms with van der Waals surface area (Å²) in [7, 11) is 1.58. The molecule has 0 bridgehead atoms. The average molecular weight is 592 g/mol. The van der Waals surface area contributed by atoms with E-state index in [9.17, 15) is 18.0 Å². The van der Waals surface area contributed by atoms with E-state index in [1.165, 1.54) is 29.0 Å². The Labute approximate surface area is 242 Å². The van der Waals surface area contributed by atoms with Crippen LogP contribution in [-0.4, -0.2) is 76.4 Å². The maximum Gasteiger partial charge on any atom is 0.337 e. The van der Waals surface area contributed by atoms with Gasteiger partial charge in [-0.05, 0) is 73.8 Å². The minimum atomic E-state index is -3.49. The van der Waals surface area contributed by atoms with E-state index in [2.05, 4.69) is 10.3 Å². The lowest BCUT2D eigenvalue weighted by Gasteiger charge is -2.24. The maximum atomic E-state index is 13.4. The van der Waals surface area contributed by atoms with Crippen molar-refractivity contribution in [1.82, 2.24) is 9.88 Å². The van der Waals surface area contributed by atoms with Crippen LogP contribution in [0, 0.1) is 0 Å². The Hall–Kier alpha value is -4.13. The highest BCUT2D eigenvalue weighted by Gasteiger charge is 2.36. The van der Waals surface area contributed by atoms with Crippen LogP contribution < -0.4 is 9.62 Å². The summed E-state index contributed by atoms with van der Waals surface area (Å²) in [6, 6.07) is 17.6. The Bertz CT molecular complexity index is 1760. The molecule has 3 aromatic carbocycles. The van der Waals surface area contributed by atoms with Gasteiger partial charge >= 0.3 is 5.97 Å². The first kappa shape index (κ1) is 28.4. The summed E-state index contributed by atoms with van der Waals surface area (Å²) in [5, 5.41) is 2.88. The maximum absolute atomic E-state index is 13.4. The van der Waals surface area contributed by atoms with E-state index < -0.39 is 21.9 Å². The number of sulfonamides is 1. The fourth-order valence-corrected chi connectivity index (χ4v) is 6.28. The highest BCUT2D eigenvalue weighted by molar-refractivity contribution is 7.92. The number of likely N-dealkylation sites (N-methyl/N-ethyl adjacent to an activating group) is 1. The van der Waals surface area contributed by atoms with Crippen LogP contribution >= 0.6 is 11.3 Å². The summed E-state index contributed by atoms with van der Waals surface area (Å²) >= 11 is 1.52. The number of fused-ring (bicyclic) bond motifs is 2. The summed E-state index contributed by atoms with van der Waals surface area (Å²) in [4.78, 5) is 36.7. The molecule has 0 saturated carbocycles. The van der Waals surface area contributed by atoms with Gasteiger partial charge in [0.15, 0.2) is 0 Å². The minimum absolute atomic E-state index is 0.275. The number of rotatable bonds is 9. The van der Waals surface area contributed by atoms with E-state index in [4.69, 9.17) is 9.73 Å². The van der Waals surface area contributed by atoms with Gasteiger partial charge in [0.05, 0.1) is 51.7 Å². The van der Waals surface area contributed by atoms with Gasteiger partial charge in [-0.25, -0.2) is 18.2 Å². The van der Waals surface area contributed by atoms with E-state index in [1.54, 1.807) is 48.0 Å². The van der Waals surface area contributed by atoms with Crippen LogP contribution in [0.1, 0.15) is 27.4 Å². The van der Waals surface area contributed by atoms with Gasteiger partial charge in [-0.1, -0.05) is 12.1 Å². The van der Waals surface area contributed by atoms with Crippen LogP contribution in [0.25, 0.3) is 10.2 Å². The third kappa shape index (κ3) is 5.99. The first-order valence-corrected chi connectivity index (χ1v) is 15.5. The molecule has 1 unspecified atom stereocenters. The molecule has 0 aliphatic carbocycles. The minimum Gasteiger partial charge on any atom is -0.465 e. The quantitative estimate of drug-likeness (QED) is 0.228. The van der Waals surface area contributed by atoms with Gasteiger partial charge in [0.25, 0.3) is 0 Å². The molecule has 4 aromatic rings. The number of hydrogen-bond acceptors (Lipinski definition) is 9. The zero-order chi connectivity index (χ0) is 29.3. The average Bonchev–Trinajstić information content (AvgIpc) is 3.53. The summed E-state index contributed by atoms with van der Waals surface area (Å²) in [6.45, 7) is 0.865. The summed E-state index contributed by atoms with van der Waals surface area (Å²) < 4.78 is 32.2. The number of esters is 1. The predicted molar refractivity (Wildman–Crippen MR) is 162 cm³/mol. The molecule has 0 spiro atoms. The zero-order valence-electron chi connectivity index (χ0n) is 23.0. The largest absolute Gasteiger partial charge is 0.465 e. The molecule has 1 atom stereocenters. The monoisotopic (exact) mass is 591 g/mol. The number of methoxy groups -OCH3 is 1. The van der Waals surface area contributed by atoms with E-state index in [1.807, 2.05) is 37.2 Å². The van der Waals surface area contributed by atoms with Gasteiger partial charge in [0.1, 0.15) is 5.92 Å². The topological polar surface area (TPSA) is 121 Å². The molecule has 1 aliphatic rings. The SMILES string of the molecule is COC(=O)c1ccc2c(c1)NC(=O)C2C(=Nc1ccc(N(CCN(C)C)S(C)(=O)=O)cc1)c1ccc2scnc2c1. The van der Waals surface area contributed by atoms with Gasteiger partial charge in [-0.2, -0.15) is 0 Å². The number of hydrogen-bond donors (Lipinski definition) is 1. The first-order chi connectivity index (χ1) is 19.5. The van der Waals surface area contributed by atoms with Crippen molar-refractivity contribution in [2.45, 2.75) is 5.92 Å². The Morgan fingerprint density at radius 2 is 1.78 bits per heavy atom. The van der Waals surface area contributed by atoms with Crippen LogP contribution in [0.3, 0.4) is 0 Å². The second-order valence-corrected chi connectivity index (χ2v) is 12.7.